The lowest BCUT2D eigenvalue weighted by atomic mass is 10.4. The minimum atomic E-state index is -1.01. The molecule has 3 N–H and O–H groups in total. The predicted molar refractivity (Wildman–Crippen MR) is 71.6 cm³/mol. The Labute approximate surface area is 121 Å². The van der Waals surface area contributed by atoms with Gasteiger partial charge in [-0.05, 0) is 0 Å². The van der Waals surface area contributed by atoms with E-state index in [1.165, 1.54) is 22.2 Å². The molecular weight excluding hydrogens is 282 g/mol. The molecule has 118 valence electrons. The minimum Gasteiger partial charge on any atom is -0.480 e. The van der Waals surface area contributed by atoms with E-state index in [-0.39, 0.29) is 19.6 Å². The van der Waals surface area contributed by atoms with Gasteiger partial charge in [0.15, 0.2) is 0 Å². The van der Waals surface area contributed by atoms with E-state index in [0.717, 1.165) is 0 Å². The van der Waals surface area contributed by atoms with Crippen LogP contribution in [-0.4, -0.2) is 93.7 Å². The molecule has 0 saturated carbocycles. The first-order chi connectivity index (χ1) is 9.86. The molecule has 1 heterocycles. The number of carboxylic acid groups (broad SMARTS) is 3. The largest absolute Gasteiger partial charge is 0.480 e. The van der Waals surface area contributed by atoms with Crippen LogP contribution < -0.4 is 0 Å². The molecular formula is C12H19N3O6. The van der Waals surface area contributed by atoms with Crippen LogP contribution in [0.2, 0.25) is 0 Å². The van der Waals surface area contributed by atoms with Crippen LogP contribution in [0.15, 0.2) is 12.4 Å². The van der Waals surface area contributed by atoms with Crippen molar-refractivity contribution in [3.63, 3.8) is 0 Å². The molecule has 0 radical (unpaired) electrons. The Hall–Kier alpha value is -2.29. The number of aliphatic carboxylic acids is 3. The van der Waals surface area contributed by atoms with E-state index < -0.39 is 17.9 Å². The fourth-order valence-electron chi connectivity index (χ4n) is 1.95. The van der Waals surface area contributed by atoms with E-state index in [1.54, 1.807) is 4.90 Å². The Morgan fingerprint density at radius 1 is 0.714 bits per heavy atom. The highest BCUT2D eigenvalue weighted by molar-refractivity contribution is 5.70. The molecule has 1 rings (SSSR count). The lowest BCUT2D eigenvalue weighted by Crippen LogP contribution is -2.40. The maximum absolute atomic E-state index is 10.8. The third-order valence-corrected chi connectivity index (χ3v) is 2.93. The number of hydrogen-bond donors (Lipinski definition) is 3. The zero-order chi connectivity index (χ0) is 15.8. The number of nitrogens with zero attached hydrogens (tertiary/aromatic N) is 3. The fourth-order valence-corrected chi connectivity index (χ4v) is 1.95. The molecule has 1 aliphatic rings. The van der Waals surface area contributed by atoms with E-state index in [1.807, 2.05) is 0 Å². The molecule has 0 amide bonds. The van der Waals surface area contributed by atoms with Crippen LogP contribution in [0, 0.1) is 0 Å². The van der Waals surface area contributed by atoms with Gasteiger partial charge in [0.05, 0.1) is 6.54 Å². The van der Waals surface area contributed by atoms with Crippen molar-refractivity contribution in [1.29, 1.82) is 0 Å². The van der Waals surface area contributed by atoms with Gasteiger partial charge in [0.2, 0.25) is 0 Å². The Morgan fingerprint density at radius 3 is 1.43 bits per heavy atom. The zero-order valence-electron chi connectivity index (χ0n) is 11.5. The topological polar surface area (TPSA) is 122 Å². The molecule has 1 aliphatic heterocycles. The monoisotopic (exact) mass is 301 g/mol. The number of hydrogen-bond acceptors (Lipinski definition) is 6. The molecule has 9 nitrogen and oxygen atoms in total. The first-order valence-electron chi connectivity index (χ1n) is 6.41. The summed E-state index contributed by atoms with van der Waals surface area (Å²) in [6, 6.07) is 0. The third-order valence-electron chi connectivity index (χ3n) is 2.93. The smallest absolute Gasteiger partial charge is 0.323 e. The highest BCUT2D eigenvalue weighted by atomic mass is 16.4. The zero-order valence-corrected chi connectivity index (χ0v) is 11.5. The molecule has 0 fully saturated rings. The van der Waals surface area contributed by atoms with Gasteiger partial charge in [-0.15, -0.1) is 0 Å². The van der Waals surface area contributed by atoms with Gasteiger partial charge in [0.1, 0.15) is 13.1 Å². The molecule has 9 heteroatoms. The molecule has 0 aromatic rings. The van der Waals surface area contributed by atoms with Crippen LogP contribution in [0.25, 0.3) is 0 Å². The van der Waals surface area contributed by atoms with Gasteiger partial charge >= 0.3 is 17.9 Å². The summed E-state index contributed by atoms with van der Waals surface area (Å²) in [5.74, 6) is -2.99. The molecule has 0 aromatic carbocycles. The van der Waals surface area contributed by atoms with Gasteiger partial charge in [0.25, 0.3) is 0 Å². The Morgan fingerprint density at radius 2 is 1.10 bits per heavy atom. The van der Waals surface area contributed by atoms with Crippen molar-refractivity contribution in [1.82, 2.24) is 14.7 Å². The average Bonchev–Trinajstić information content (AvgIpc) is 2.42. The van der Waals surface area contributed by atoms with Gasteiger partial charge in [-0.2, -0.15) is 0 Å². The standard InChI is InChI=1S/C12H19N3O6/c16-10(17)7-13-1-2-14(8-11(18)19)5-6-15(4-3-13)9-12(20)21/h1-2H,3-9H2,(H,16,17)(H,18,19)(H,20,21)/b2-1-. The quantitative estimate of drug-likeness (QED) is 0.545. The summed E-state index contributed by atoms with van der Waals surface area (Å²) in [7, 11) is 0. The van der Waals surface area contributed by atoms with E-state index in [0.29, 0.717) is 26.2 Å². The second-order valence-corrected chi connectivity index (χ2v) is 4.70. The minimum absolute atomic E-state index is 0.165. The van der Waals surface area contributed by atoms with Gasteiger partial charge in [-0.25, -0.2) is 0 Å². The van der Waals surface area contributed by atoms with Crippen molar-refractivity contribution >= 4 is 17.9 Å². The van der Waals surface area contributed by atoms with E-state index in [9.17, 15) is 14.4 Å². The molecule has 0 aromatic heterocycles. The summed E-state index contributed by atoms with van der Waals surface area (Å²) >= 11 is 0. The van der Waals surface area contributed by atoms with Crippen molar-refractivity contribution in [2.45, 2.75) is 0 Å². The Bertz CT molecular complexity index is 395. The average molecular weight is 301 g/mol. The summed E-state index contributed by atoms with van der Waals surface area (Å²) in [4.78, 5) is 37.0. The maximum atomic E-state index is 10.8. The highest BCUT2D eigenvalue weighted by Gasteiger charge is 2.16. The molecule has 0 bridgehead atoms. The number of rotatable bonds is 6. The van der Waals surface area contributed by atoms with Crippen molar-refractivity contribution in [3.8, 4) is 0 Å². The van der Waals surface area contributed by atoms with Gasteiger partial charge in [-0.3, -0.25) is 19.3 Å². The molecule has 0 spiro atoms. The summed E-state index contributed by atoms with van der Waals surface area (Å²) < 4.78 is 0. The molecule has 0 unspecified atom stereocenters. The normalized spacial score (nSPS) is 18.5. The number of carbonyl (C=O) groups is 3. The molecule has 21 heavy (non-hydrogen) atoms. The van der Waals surface area contributed by atoms with Crippen molar-refractivity contribution in [2.24, 2.45) is 0 Å². The number of carboxylic acids is 3. The first-order valence-corrected chi connectivity index (χ1v) is 6.41. The maximum Gasteiger partial charge on any atom is 0.323 e. The van der Waals surface area contributed by atoms with Gasteiger partial charge in [-0.1, -0.05) is 0 Å². The van der Waals surface area contributed by atoms with Crippen LogP contribution >= 0.6 is 0 Å². The van der Waals surface area contributed by atoms with E-state index in [2.05, 4.69) is 0 Å². The molecule has 0 atom stereocenters. The molecule has 0 saturated heterocycles. The van der Waals surface area contributed by atoms with Gasteiger partial charge in [0, 0.05) is 38.6 Å². The highest BCUT2D eigenvalue weighted by Crippen LogP contribution is 2.02. The van der Waals surface area contributed by atoms with Crippen LogP contribution in [-0.2, 0) is 14.4 Å². The second-order valence-electron chi connectivity index (χ2n) is 4.70. The Balaban J connectivity index is 2.76. The summed E-state index contributed by atoms with van der Waals surface area (Å²) in [5.41, 5.74) is 0. The summed E-state index contributed by atoms with van der Waals surface area (Å²) in [5, 5.41) is 26.5. The lowest BCUT2D eigenvalue weighted by molar-refractivity contribution is -0.140. The van der Waals surface area contributed by atoms with Crippen LogP contribution in [0.1, 0.15) is 0 Å². The second kappa shape index (κ2) is 8.10. The van der Waals surface area contributed by atoms with E-state index >= 15 is 0 Å². The lowest BCUT2D eigenvalue weighted by Gasteiger charge is -2.24. The van der Waals surface area contributed by atoms with Crippen LogP contribution in [0.3, 0.4) is 0 Å². The Kier molecular flexibility index (Phi) is 6.47. The van der Waals surface area contributed by atoms with Gasteiger partial charge < -0.3 is 25.1 Å². The summed E-state index contributed by atoms with van der Waals surface area (Å²) in [6.07, 6.45) is 3.06. The fraction of sp³-hybridized carbons (Fsp3) is 0.583. The van der Waals surface area contributed by atoms with Crippen molar-refractivity contribution in [3.05, 3.63) is 12.4 Å². The van der Waals surface area contributed by atoms with Crippen molar-refractivity contribution < 1.29 is 29.7 Å². The van der Waals surface area contributed by atoms with E-state index in [4.69, 9.17) is 15.3 Å². The SMILES string of the molecule is O=C(O)CN1/C=C\N(CC(=O)O)CCN(CC(=O)O)CC1. The summed E-state index contributed by atoms with van der Waals surface area (Å²) in [6.45, 7) is 0.891. The molecule has 0 aliphatic carbocycles. The third kappa shape index (κ3) is 7.16. The van der Waals surface area contributed by atoms with Crippen LogP contribution in [0.5, 0.6) is 0 Å². The van der Waals surface area contributed by atoms with Crippen LogP contribution in [0.4, 0.5) is 0 Å². The predicted octanol–water partition coefficient (Wildman–Crippen LogP) is -1.37. The first kappa shape index (κ1) is 16.8. The van der Waals surface area contributed by atoms with Crippen molar-refractivity contribution in [2.75, 3.05) is 45.8 Å².